The summed E-state index contributed by atoms with van der Waals surface area (Å²) in [6.45, 7) is 0.644. The number of sulfonamides is 1. The van der Waals surface area contributed by atoms with Crippen molar-refractivity contribution in [3.8, 4) is 0 Å². The van der Waals surface area contributed by atoms with E-state index in [0.717, 1.165) is 4.31 Å². The van der Waals surface area contributed by atoms with Crippen LogP contribution in [0.2, 0.25) is 0 Å². The predicted octanol–water partition coefficient (Wildman–Crippen LogP) is 0.230. The van der Waals surface area contributed by atoms with Crippen LogP contribution in [0.5, 0.6) is 0 Å². The summed E-state index contributed by atoms with van der Waals surface area (Å²) in [5, 5.41) is 0. The molecule has 0 N–H and O–H groups in total. The Morgan fingerprint density at radius 2 is 2.06 bits per heavy atom. The van der Waals surface area contributed by atoms with Gasteiger partial charge in [-0.25, -0.2) is 12.7 Å². The Balaban J connectivity index is 2.09. The highest BCUT2D eigenvalue weighted by atomic mass is 32.2. The van der Waals surface area contributed by atoms with Gasteiger partial charge in [0.25, 0.3) is 15.9 Å². The van der Waals surface area contributed by atoms with Gasteiger partial charge in [-0.2, -0.15) is 0 Å². The summed E-state index contributed by atoms with van der Waals surface area (Å²) in [7, 11) is -3.65. The standard InChI is InChI=1S/C10H9NO4S/c12-10-8-3-1-2-4-9(8)16(13,14)11(10)5-7-6-15-7/h1-4,7H,5-6H2. The van der Waals surface area contributed by atoms with Gasteiger partial charge in [0.2, 0.25) is 0 Å². The molecule has 1 amide bonds. The van der Waals surface area contributed by atoms with E-state index in [-0.39, 0.29) is 23.1 Å². The third kappa shape index (κ3) is 1.27. The molecular weight excluding hydrogens is 230 g/mol. The quantitative estimate of drug-likeness (QED) is 0.693. The number of carbonyl (C=O) groups is 1. The van der Waals surface area contributed by atoms with E-state index in [1.54, 1.807) is 12.1 Å². The molecular formula is C10H9NO4S. The van der Waals surface area contributed by atoms with Crippen LogP contribution in [-0.2, 0) is 14.8 Å². The van der Waals surface area contributed by atoms with E-state index in [1.165, 1.54) is 12.1 Å². The van der Waals surface area contributed by atoms with Gasteiger partial charge in [-0.15, -0.1) is 0 Å². The molecule has 1 fully saturated rings. The number of carbonyl (C=O) groups excluding carboxylic acids is 1. The lowest BCUT2D eigenvalue weighted by atomic mass is 10.2. The zero-order valence-electron chi connectivity index (χ0n) is 8.29. The minimum atomic E-state index is -3.65. The molecule has 0 radical (unpaired) electrons. The fourth-order valence-electron chi connectivity index (χ4n) is 1.77. The summed E-state index contributed by atoms with van der Waals surface area (Å²) < 4.78 is 29.9. The fraction of sp³-hybridized carbons (Fsp3) is 0.300. The van der Waals surface area contributed by atoms with Crippen molar-refractivity contribution >= 4 is 15.9 Å². The molecule has 1 aromatic carbocycles. The van der Waals surface area contributed by atoms with Crippen molar-refractivity contribution in [3.63, 3.8) is 0 Å². The van der Waals surface area contributed by atoms with Gasteiger partial charge in [0, 0.05) is 0 Å². The zero-order valence-corrected chi connectivity index (χ0v) is 9.11. The summed E-state index contributed by atoms with van der Waals surface area (Å²) in [5.74, 6) is -0.453. The number of epoxide rings is 1. The summed E-state index contributed by atoms with van der Waals surface area (Å²) in [4.78, 5) is 12.0. The second kappa shape index (κ2) is 3.05. The Hall–Kier alpha value is -1.40. The van der Waals surface area contributed by atoms with Crippen LogP contribution in [0, 0.1) is 0 Å². The van der Waals surface area contributed by atoms with Crippen molar-refractivity contribution in [1.82, 2.24) is 4.31 Å². The third-order valence-corrected chi connectivity index (χ3v) is 4.49. The van der Waals surface area contributed by atoms with E-state index < -0.39 is 15.9 Å². The minimum Gasteiger partial charge on any atom is -0.371 e. The van der Waals surface area contributed by atoms with Gasteiger partial charge in [-0.1, -0.05) is 12.1 Å². The molecule has 0 bridgehead atoms. The SMILES string of the molecule is O=C1c2ccccc2S(=O)(=O)N1CC1CO1. The molecule has 2 heterocycles. The Morgan fingerprint density at radius 3 is 2.69 bits per heavy atom. The maximum absolute atomic E-state index is 12.0. The summed E-state index contributed by atoms with van der Waals surface area (Å²) in [6.07, 6.45) is -0.131. The summed E-state index contributed by atoms with van der Waals surface area (Å²) >= 11 is 0. The first-order valence-corrected chi connectivity index (χ1v) is 6.32. The van der Waals surface area contributed by atoms with Gasteiger partial charge >= 0.3 is 0 Å². The molecule has 6 heteroatoms. The number of nitrogens with zero attached hydrogens (tertiary/aromatic N) is 1. The smallest absolute Gasteiger partial charge is 0.269 e. The van der Waals surface area contributed by atoms with Crippen LogP contribution in [0.1, 0.15) is 10.4 Å². The van der Waals surface area contributed by atoms with Crippen molar-refractivity contribution in [2.75, 3.05) is 13.2 Å². The van der Waals surface area contributed by atoms with Crippen LogP contribution >= 0.6 is 0 Å². The predicted molar refractivity (Wildman–Crippen MR) is 54.4 cm³/mol. The molecule has 84 valence electrons. The van der Waals surface area contributed by atoms with Gasteiger partial charge < -0.3 is 4.74 Å². The van der Waals surface area contributed by atoms with Crippen molar-refractivity contribution in [3.05, 3.63) is 29.8 Å². The number of ether oxygens (including phenoxy) is 1. The molecule has 0 spiro atoms. The van der Waals surface area contributed by atoms with Crippen LogP contribution in [-0.4, -0.2) is 37.9 Å². The lowest BCUT2D eigenvalue weighted by molar-refractivity contribution is 0.0864. The van der Waals surface area contributed by atoms with E-state index in [2.05, 4.69) is 0 Å². The number of hydrogen-bond acceptors (Lipinski definition) is 4. The highest BCUT2D eigenvalue weighted by Crippen LogP contribution is 2.31. The molecule has 0 aliphatic carbocycles. The Labute approximate surface area is 92.7 Å². The fourth-order valence-corrected chi connectivity index (χ4v) is 3.37. The van der Waals surface area contributed by atoms with Crippen LogP contribution in [0.3, 0.4) is 0 Å². The molecule has 3 rings (SSSR count). The molecule has 0 aromatic heterocycles. The van der Waals surface area contributed by atoms with E-state index in [4.69, 9.17) is 4.74 Å². The van der Waals surface area contributed by atoms with Crippen LogP contribution in [0.15, 0.2) is 29.2 Å². The van der Waals surface area contributed by atoms with Crippen LogP contribution in [0.4, 0.5) is 0 Å². The van der Waals surface area contributed by atoms with Gasteiger partial charge in [-0.05, 0) is 12.1 Å². The molecule has 1 saturated heterocycles. The van der Waals surface area contributed by atoms with Crippen LogP contribution in [0.25, 0.3) is 0 Å². The Kier molecular flexibility index (Phi) is 1.87. The Bertz CT molecular complexity index is 562. The van der Waals surface area contributed by atoms with E-state index >= 15 is 0 Å². The molecule has 1 atom stereocenters. The molecule has 0 saturated carbocycles. The topological polar surface area (TPSA) is 67.0 Å². The average Bonchev–Trinajstić information content (AvgIpc) is 3.05. The van der Waals surface area contributed by atoms with Crippen molar-refractivity contribution < 1.29 is 17.9 Å². The summed E-state index contributed by atoms with van der Waals surface area (Å²) in [5.41, 5.74) is 0.253. The van der Waals surface area contributed by atoms with Crippen molar-refractivity contribution in [2.24, 2.45) is 0 Å². The van der Waals surface area contributed by atoms with Gasteiger partial charge in [0.05, 0.1) is 24.8 Å². The largest absolute Gasteiger partial charge is 0.371 e. The number of benzene rings is 1. The first kappa shape index (κ1) is 9.80. The maximum atomic E-state index is 12.0. The number of rotatable bonds is 2. The lowest BCUT2D eigenvalue weighted by Gasteiger charge is -2.12. The number of fused-ring (bicyclic) bond motifs is 1. The molecule has 1 unspecified atom stereocenters. The highest BCUT2D eigenvalue weighted by molar-refractivity contribution is 7.90. The molecule has 2 aliphatic heterocycles. The molecule has 16 heavy (non-hydrogen) atoms. The third-order valence-electron chi connectivity index (χ3n) is 2.68. The maximum Gasteiger partial charge on any atom is 0.269 e. The first-order chi connectivity index (χ1) is 7.60. The molecule has 5 nitrogen and oxygen atoms in total. The highest BCUT2D eigenvalue weighted by Gasteiger charge is 2.43. The second-order valence-electron chi connectivity index (χ2n) is 3.79. The molecule has 2 aliphatic rings. The second-order valence-corrected chi connectivity index (χ2v) is 5.62. The normalized spacial score (nSPS) is 25.6. The van der Waals surface area contributed by atoms with Gasteiger partial charge in [0.15, 0.2) is 0 Å². The first-order valence-electron chi connectivity index (χ1n) is 4.88. The van der Waals surface area contributed by atoms with Crippen molar-refractivity contribution in [2.45, 2.75) is 11.0 Å². The van der Waals surface area contributed by atoms with Gasteiger partial charge in [-0.3, -0.25) is 4.79 Å². The lowest BCUT2D eigenvalue weighted by Crippen LogP contribution is -2.33. The number of hydrogen-bond donors (Lipinski definition) is 0. The van der Waals surface area contributed by atoms with E-state index in [0.29, 0.717) is 6.61 Å². The van der Waals surface area contributed by atoms with Crippen molar-refractivity contribution in [1.29, 1.82) is 0 Å². The Morgan fingerprint density at radius 1 is 1.38 bits per heavy atom. The average molecular weight is 239 g/mol. The summed E-state index contributed by atoms with van der Waals surface area (Å²) in [6, 6.07) is 6.25. The van der Waals surface area contributed by atoms with Gasteiger partial charge in [0.1, 0.15) is 4.90 Å². The number of amides is 1. The molecule has 1 aromatic rings. The van der Waals surface area contributed by atoms with E-state index in [9.17, 15) is 13.2 Å². The van der Waals surface area contributed by atoms with Crippen LogP contribution < -0.4 is 0 Å². The monoisotopic (exact) mass is 239 g/mol. The zero-order chi connectivity index (χ0) is 11.3. The van der Waals surface area contributed by atoms with E-state index in [1.807, 2.05) is 0 Å². The minimum absolute atomic E-state index is 0.0978.